The Kier molecular flexibility index (Phi) is 5.21. The highest BCUT2D eigenvalue weighted by Gasteiger charge is 2.17. The van der Waals surface area contributed by atoms with E-state index in [4.69, 9.17) is 13.9 Å². The molecule has 1 amide bonds. The van der Waals surface area contributed by atoms with Crippen molar-refractivity contribution in [3.8, 4) is 17.2 Å². The molecule has 0 aliphatic heterocycles. The first-order chi connectivity index (χ1) is 13.0. The average Bonchev–Trinajstić information content (AvgIpc) is 2.66. The number of aromatic hydroxyl groups is 1. The molecule has 2 aromatic carbocycles. The van der Waals surface area contributed by atoms with Gasteiger partial charge >= 0.3 is 0 Å². The summed E-state index contributed by atoms with van der Waals surface area (Å²) in [6, 6.07) is 7.76. The van der Waals surface area contributed by atoms with Crippen LogP contribution in [0.5, 0.6) is 17.2 Å². The zero-order chi connectivity index (χ0) is 19.6. The van der Waals surface area contributed by atoms with E-state index in [1.54, 1.807) is 23.1 Å². The molecule has 3 rings (SSSR count). The maximum atomic E-state index is 12.7. The summed E-state index contributed by atoms with van der Waals surface area (Å²) in [6.45, 7) is 4.77. The molecule has 7 heteroatoms. The van der Waals surface area contributed by atoms with Crippen LogP contribution in [0.3, 0.4) is 0 Å². The smallest absolute Gasteiger partial charge is 0.260 e. The maximum absolute atomic E-state index is 12.7. The van der Waals surface area contributed by atoms with Crippen molar-refractivity contribution >= 4 is 27.8 Å². The van der Waals surface area contributed by atoms with E-state index in [2.05, 4.69) is 0 Å². The van der Waals surface area contributed by atoms with Crippen LogP contribution in [-0.2, 0) is 4.79 Å². The standard InChI is InChI=1S/C20H21NO6/c1-4-21(5-2)17(23)11-26-12-9-14(22)18-16(10-12)27-20-13(19(18)24)7-6-8-15(20)25-3/h6-10,22H,4-5,11H2,1-3H3. The van der Waals surface area contributed by atoms with Crippen molar-refractivity contribution in [1.82, 2.24) is 4.90 Å². The lowest BCUT2D eigenvalue weighted by Gasteiger charge is -2.18. The van der Waals surface area contributed by atoms with E-state index in [1.165, 1.54) is 19.2 Å². The summed E-state index contributed by atoms with van der Waals surface area (Å²) >= 11 is 0. The molecular formula is C20H21NO6. The van der Waals surface area contributed by atoms with E-state index < -0.39 is 0 Å². The molecular weight excluding hydrogens is 350 g/mol. The number of amides is 1. The van der Waals surface area contributed by atoms with Crippen LogP contribution in [0.15, 0.2) is 39.5 Å². The summed E-state index contributed by atoms with van der Waals surface area (Å²) in [7, 11) is 1.48. The molecule has 1 heterocycles. The van der Waals surface area contributed by atoms with Crippen molar-refractivity contribution in [2.24, 2.45) is 0 Å². The summed E-state index contributed by atoms with van der Waals surface area (Å²) in [4.78, 5) is 26.5. The molecule has 1 N–H and O–H groups in total. The van der Waals surface area contributed by atoms with E-state index >= 15 is 0 Å². The number of likely N-dealkylation sites (N-methyl/N-ethyl adjacent to an activating group) is 1. The van der Waals surface area contributed by atoms with Gasteiger partial charge in [-0.3, -0.25) is 9.59 Å². The summed E-state index contributed by atoms with van der Waals surface area (Å²) in [5.41, 5.74) is 0.0731. The van der Waals surface area contributed by atoms with Crippen LogP contribution in [-0.4, -0.2) is 42.7 Å². The van der Waals surface area contributed by atoms with Gasteiger partial charge in [0.15, 0.2) is 17.9 Å². The number of benzene rings is 2. The predicted octanol–water partition coefficient (Wildman–Crippen LogP) is 2.91. The molecule has 0 spiro atoms. The molecule has 142 valence electrons. The minimum Gasteiger partial charge on any atom is -0.507 e. The second-order valence-electron chi connectivity index (χ2n) is 5.94. The second kappa shape index (κ2) is 7.57. The predicted molar refractivity (Wildman–Crippen MR) is 102 cm³/mol. The fraction of sp³-hybridized carbons (Fsp3) is 0.300. The lowest BCUT2D eigenvalue weighted by Crippen LogP contribution is -2.34. The summed E-state index contributed by atoms with van der Waals surface area (Å²) < 4.78 is 16.6. The molecule has 0 atom stereocenters. The topological polar surface area (TPSA) is 89.2 Å². The van der Waals surface area contributed by atoms with Crippen LogP contribution in [0, 0.1) is 0 Å². The van der Waals surface area contributed by atoms with Gasteiger partial charge < -0.3 is 23.9 Å². The number of carbonyl (C=O) groups excluding carboxylic acids is 1. The molecule has 0 bridgehead atoms. The number of hydrogen-bond acceptors (Lipinski definition) is 6. The van der Waals surface area contributed by atoms with E-state index in [1.807, 2.05) is 13.8 Å². The van der Waals surface area contributed by atoms with Gasteiger partial charge in [0, 0.05) is 25.2 Å². The molecule has 0 aliphatic rings. The molecule has 0 radical (unpaired) electrons. The van der Waals surface area contributed by atoms with Gasteiger partial charge in [-0.2, -0.15) is 0 Å². The Morgan fingerprint density at radius 3 is 2.63 bits per heavy atom. The largest absolute Gasteiger partial charge is 0.507 e. The van der Waals surface area contributed by atoms with Gasteiger partial charge in [-0.1, -0.05) is 6.07 Å². The van der Waals surface area contributed by atoms with Crippen LogP contribution >= 0.6 is 0 Å². The number of nitrogens with zero attached hydrogens (tertiary/aromatic N) is 1. The highest BCUT2D eigenvalue weighted by Crippen LogP contribution is 2.33. The van der Waals surface area contributed by atoms with Crippen molar-refractivity contribution < 1.29 is 23.8 Å². The number of phenolic OH excluding ortho intramolecular Hbond substituents is 1. The summed E-state index contributed by atoms with van der Waals surface area (Å²) in [6.07, 6.45) is 0. The van der Waals surface area contributed by atoms with Crippen LogP contribution in [0.25, 0.3) is 21.9 Å². The normalized spacial score (nSPS) is 10.9. The Morgan fingerprint density at radius 1 is 1.22 bits per heavy atom. The maximum Gasteiger partial charge on any atom is 0.260 e. The summed E-state index contributed by atoms with van der Waals surface area (Å²) in [5.74, 6) is 0.212. The molecule has 1 aromatic heterocycles. The zero-order valence-corrected chi connectivity index (χ0v) is 15.4. The molecule has 0 saturated heterocycles. The molecule has 7 nitrogen and oxygen atoms in total. The molecule has 0 unspecified atom stereocenters. The van der Waals surface area contributed by atoms with Gasteiger partial charge in [0.2, 0.25) is 5.43 Å². The number of rotatable bonds is 6. The van der Waals surface area contributed by atoms with Crippen molar-refractivity contribution in [2.75, 3.05) is 26.8 Å². The quantitative estimate of drug-likeness (QED) is 0.670. The van der Waals surface area contributed by atoms with Crippen molar-refractivity contribution in [2.45, 2.75) is 13.8 Å². The van der Waals surface area contributed by atoms with Crippen molar-refractivity contribution in [1.29, 1.82) is 0 Å². The van der Waals surface area contributed by atoms with Crippen LogP contribution in [0.2, 0.25) is 0 Å². The van der Waals surface area contributed by atoms with E-state index in [9.17, 15) is 14.7 Å². The minimum atomic E-state index is -0.367. The van der Waals surface area contributed by atoms with E-state index in [-0.39, 0.29) is 46.0 Å². The molecule has 0 fully saturated rings. The lowest BCUT2D eigenvalue weighted by molar-refractivity contribution is -0.132. The molecule has 0 aliphatic carbocycles. The molecule has 3 aromatic rings. The number of hydrogen-bond donors (Lipinski definition) is 1. The number of methoxy groups -OCH3 is 1. The Bertz CT molecular complexity index is 1050. The van der Waals surface area contributed by atoms with Crippen LogP contribution in [0.1, 0.15) is 13.8 Å². The number of phenols is 1. The SMILES string of the molecule is CCN(CC)C(=O)COc1cc(O)c2c(=O)c3cccc(OC)c3oc2c1. The number of fused-ring (bicyclic) bond motifs is 2. The van der Waals surface area contributed by atoms with Crippen molar-refractivity contribution in [3.05, 3.63) is 40.6 Å². The fourth-order valence-corrected chi connectivity index (χ4v) is 2.99. The fourth-order valence-electron chi connectivity index (χ4n) is 2.99. The monoisotopic (exact) mass is 371 g/mol. The first-order valence-electron chi connectivity index (χ1n) is 8.67. The lowest BCUT2D eigenvalue weighted by atomic mass is 10.1. The van der Waals surface area contributed by atoms with Gasteiger partial charge in [0.05, 0.1) is 12.5 Å². The highest BCUT2D eigenvalue weighted by atomic mass is 16.5. The van der Waals surface area contributed by atoms with Gasteiger partial charge in [-0.25, -0.2) is 0 Å². The first kappa shape index (κ1) is 18.6. The number of carbonyl (C=O) groups is 1. The second-order valence-corrected chi connectivity index (χ2v) is 5.94. The van der Waals surface area contributed by atoms with Crippen LogP contribution < -0.4 is 14.9 Å². The number of ether oxygens (including phenoxy) is 2. The Balaban J connectivity index is 2.04. The number of para-hydroxylation sites is 1. The third-order valence-electron chi connectivity index (χ3n) is 4.42. The van der Waals surface area contributed by atoms with Crippen molar-refractivity contribution in [3.63, 3.8) is 0 Å². The van der Waals surface area contributed by atoms with E-state index in [0.717, 1.165) is 0 Å². The third-order valence-corrected chi connectivity index (χ3v) is 4.42. The minimum absolute atomic E-state index is 0.0539. The zero-order valence-electron chi connectivity index (χ0n) is 15.4. The van der Waals surface area contributed by atoms with Gasteiger partial charge in [0.25, 0.3) is 5.91 Å². The Labute approximate surface area is 155 Å². The van der Waals surface area contributed by atoms with Gasteiger partial charge in [-0.15, -0.1) is 0 Å². The Hall–Kier alpha value is -3.22. The van der Waals surface area contributed by atoms with E-state index in [0.29, 0.717) is 24.2 Å². The van der Waals surface area contributed by atoms with Gasteiger partial charge in [-0.05, 0) is 26.0 Å². The average molecular weight is 371 g/mol. The first-order valence-corrected chi connectivity index (χ1v) is 8.67. The molecule has 0 saturated carbocycles. The van der Waals surface area contributed by atoms with Gasteiger partial charge in [0.1, 0.15) is 22.5 Å². The highest BCUT2D eigenvalue weighted by molar-refractivity contribution is 5.95. The van der Waals surface area contributed by atoms with Crippen LogP contribution in [0.4, 0.5) is 0 Å². The third kappa shape index (κ3) is 3.40. The molecule has 27 heavy (non-hydrogen) atoms. The Morgan fingerprint density at radius 2 is 1.96 bits per heavy atom. The summed E-state index contributed by atoms with van der Waals surface area (Å²) in [5, 5.41) is 10.7.